The molecule has 0 unspecified atom stereocenters. The van der Waals surface area contributed by atoms with Gasteiger partial charge in [-0.2, -0.15) is 5.10 Å². The summed E-state index contributed by atoms with van der Waals surface area (Å²) < 4.78 is 1.72. The van der Waals surface area contributed by atoms with Crippen LogP contribution in [0.3, 0.4) is 0 Å². The van der Waals surface area contributed by atoms with Crippen LogP contribution in [0, 0.1) is 0 Å². The maximum absolute atomic E-state index is 8.24. The molecule has 0 N–H and O–H groups in total. The van der Waals surface area contributed by atoms with Gasteiger partial charge in [-0.25, -0.2) is 9.50 Å². The van der Waals surface area contributed by atoms with Crippen LogP contribution in [0.2, 0.25) is 0 Å². The van der Waals surface area contributed by atoms with Gasteiger partial charge in [0.1, 0.15) is 0 Å². The van der Waals surface area contributed by atoms with E-state index in [1.807, 2.05) is 6.20 Å². The molecule has 0 aromatic carbocycles. The van der Waals surface area contributed by atoms with E-state index < -0.39 is 0 Å². The average Bonchev–Trinajstić information content (AvgIpc) is 3.06. The maximum Gasteiger partial charge on any atom is 0.154 e. The molecule has 2 heterocycles. The zero-order valence-electron chi connectivity index (χ0n) is 8.61. The normalized spacial score (nSPS) is 15.0. The van der Waals surface area contributed by atoms with Gasteiger partial charge in [-0.15, -0.1) is 0 Å². The molecule has 0 saturated heterocycles. The van der Waals surface area contributed by atoms with E-state index in [4.69, 9.17) is 5.53 Å². The molecule has 6 heteroatoms. The summed E-state index contributed by atoms with van der Waals surface area (Å²) in [7, 11) is 0. The molecule has 2 aromatic heterocycles. The Morgan fingerprint density at radius 1 is 1.56 bits per heavy atom. The van der Waals surface area contributed by atoms with Crippen molar-refractivity contribution in [3.63, 3.8) is 0 Å². The second-order valence-corrected chi connectivity index (χ2v) is 3.99. The molecule has 0 spiro atoms. The highest BCUT2D eigenvalue weighted by Crippen LogP contribution is 2.39. The quantitative estimate of drug-likeness (QED) is 0.446. The van der Waals surface area contributed by atoms with Crippen molar-refractivity contribution in [3.05, 3.63) is 40.2 Å². The van der Waals surface area contributed by atoms with Crippen LogP contribution in [0.4, 0.5) is 0 Å². The minimum absolute atomic E-state index is 0.276. The number of hydrogen-bond donors (Lipinski definition) is 0. The van der Waals surface area contributed by atoms with Crippen LogP contribution in [-0.4, -0.2) is 14.6 Å². The third-order valence-electron chi connectivity index (χ3n) is 2.74. The first-order valence-corrected chi connectivity index (χ1v) is 5.22. The Bertz CT molecular complexity index is 576. The summed E-state index contributed by atoms with van der Waals surface area (Å²) in [5, 5.41) is 7.77. The summed E-state index contributed by atoms with van der Waals surface area (Å²) in [5.41, 5.74) is 11.1. The van der Waals surface area contributed by atoms with Crippen LogP contribution in [0.25, 0.3) is 16.1 Å². The molecule has 2 aromatic rings. The summed E-state index contributed by atoms with van der Waals surface area (Å²) in [6.07, 6.45) is 6.19. The van der Waals surface area contributed by atoms with Gasteiger partial charge in [0.05, 0.1) is 24.6 Å². The molecule has 0 amide bonds. The third kappa shape index (κ3) is 1.59. The first kappa shape index (κ1) is 9.18. The van der Waals surface area contributed by atoms with E-state index in [0.29, 0.717) is 5.92 Å². The lowest BCUT2D eigenvalue weighted by atomic mass is 10.2. The molecule has 0 atom stereocenters. The van der Waals surface area contributed by atoms with Crippen molar-refractivity contribution in [2.75, 3.05) is 0 Å². The molecule has 0 bridgehead atoms. The molecule has 16 heavy (non-hydrogen) atoms. The number of imidazole rings is 1. The highest BCUT2D eigenvalue weighted by Gasteiger charge is 2.24. The fraction of sp³-hybridized carbons (Fsp3) is 0.400. The molecule has 0 aliphatic heterocycles. The Kier molecular flexibility index (Phi) is 2.01. The van der Waals surface area contributed by atoms with E-state index in [1.54, 1.807) is 10.7 Å². The largest absolute Gasteiger partial charge is 0.232 e. The molecule has 0 radical (unpaired) electrons. The van der Waals surface area contributed by atoms with Crippen molar-refractivity contribution in [1.82, 2.24) is 14.6 Å². The van der Waals surface area contributed by atoms with E-state index in [2.05, 4.69) is 26.2 Å². The van der Waals surface area contributed by atoms with Gasteiger partial charge in [-0.3, -0.25) is 0 Å². The fourth-order valence-electron chi connectivity index (χ4n) is 1.76. The summed E-state index contributed by atoms with van der Waals surface area (Å²) in [6, 6.07) is 2.06. The van der Waals surface area contributed by atoms with E-state index in [1.165, 1.54) is 18.4 Å². The van der Waals surface area contributed by atoms with Gasteiger partial charge in [0, 0.05) is 4.91 Å². The van der Waals surface area contributed by atoms with Crippen LogP contribution in [-0.2, 0) is 6.54 Å². The molecule has 1 fully saturated rings. The minimum Gasteiger partial charge on any atom is -0.232 e. The summed E-state index contributed by atoms with van der Waals surface area (Å²) in [5.74, 6) is 0.676. The maximum atomic E-state index is 8.24. The second-order valence-electron chi connectivity index (χ2n) is 3.99. The SMILES string of the molecule is [N-]=[N+]=NCc1cn2ncc(C3CC3)cc2n1. The Morgan fingerprint density at radius 3 is 3.19 bits per heavy atom. The summed E-state index contributed by atoms with van der Waals surface area (Å²) >= 11 is 0. The third-order valence-corrected chi connectivity index (χ3v) is 2.74. The lowest BCUT2D eigenvalue weighted by Gasteiger charge is -1.96. The molecular formula is C10H10N6. The summed E-state index contributed by atoms with van der Waals surface area (Å²) in [6.45, 7) is 0.276. The molecule has 1 aliphatic carbocycles. The van der Waals surface area contributed by atoms with Gasteiger partial charge in [0.15, 0.2) is 5.65 Å². The van der Waals surface area contributed by atoms with Gasteiger partial charge >= 0.3 is 0 Å². The van der Waals surface area contributed by atoms with Crippen LogP contribution in [0.5, 0.6) is 0 Å². The van der Waals surface area contributed by atoms with Gasteiger partial charge in [-0.1, -0.05) is 5.11 Å². The average molecular weight is 214 g/mol. The minimum atomic E-state index is 0.276. The molecule has 6 nitrogen and oxygen atoms in total. The zero-order chi connectivity index (χ0) is 11.0. The second kappa shape index (κ2) is 3.50. The van der Waals surface area contributed by atoms with E-state index in [-0.39, 0.29) is 6.54 Å². The van der Waals surface area contributed by atoms with Gasteiger partial charge in [-0.05, 0) is 35.9 Å². The first-order valence-electron chi connectivity index (χ1n) is 5.22. The number of nitrogens with zero attached hydrogens (tertiary/aromatic N) is 6. The number of azide groups is 1. The van der Waals surface area contributed by atoms with Crippen LogP contribution >= 0.6 is 0 Å². The Morgan fingerprint density at radius 2 is 2.44 bits per heavy atom. The number of fused-ring (bicyclic) bond motifs is 1. The number of hydrogen-bond acceptors (Lipinski definition) is 3. The van der Waals surface area contributed by atoms with Crippen molar-refractivity contribution < 1.29 is 0 Å². The van der Waals surface area contributed by atoms with Gasteiger partial charge in [0.2, 0.25) is 0 Å². The van der Waals surface area contributed by atoms with E-state index in [9.17, 15) is 0 Å². The van der Waals surface area contributed by atoms with Crippen molar-refractivity contribution in [2.24, 2.45) is 5.11 Å². The molecule has 1 aliphatic rings. The van der Waals surface area contributed by atoms with Crippen LogP contribution < -0.4 is 0 Å². The molecule has 80 valence electrons. The van der Waals surface area contributed by atoms with E-state index in [0.717, 1.165) is 11.3 Å². The molecule has 1 saturated carbocycles. The predicted octanol–water partition coefficient (Wildman–Crippen LogP) is 2.42. The topological polar surface area (TPSA) is 79.0 Å². The van der Waals surface area contributed by atoms with Crippen LogP contribution in [0.15, 0.2) is 23.6 Å². The zero-order valence-corrected chi connectivity index (χ0v) is 8.61. The lowest BCUT2D eigenvalue weighted by molar-refractivity contribution is 0.905. The van der Waals surface area contributed by atoms with Gasteiger partial charge < -0.3 is 0 Å². The number of aromatic nitrogens is 3. The highest BCUT2D eigenvalue weighted by atomic mass is 15.2. The standard InChI is InChI=1S/C10H10N6/c11-15-12-5-9-6-16-10(14-9)3-8(4-13-16)7-1-2-7/h3-4,6-7H,1-2,5H2. The number of rotatable bonds is 3. The van der Waals surface area contributed by atoms with Crippen molar-refractivity contribution in [1.29, 1.82) is 0 Å². The van der Waals surface area contributed by atoms with Crippen molar-refractivity contribution >= 4 is 5.65 Å². The molecular weight excluding hydrogens is 204 g/mol. The summed E-state index contributed by atoms with van der Waals surface area (Å²) in [4.78, 5) is 7.07. The highest BCUT2D eigenvalue weighted by molar-refractivity contribution is 5.42. The Labute approximate surface area is 91.5 Å². The molecule has 3 rings (SSSR count). The lowest BCUT2D eigenvalue weighted by Crippen LogP contribution is -1.91. The van der Waals surface area contributed by atoms with Crippen molar-refractivity contribution in [2.45, 2.75) is 25.3 Å². The van der Waals surface area contributed by atoms with Crippen LogP contribution in [0.1, 0.15) is 30.0 Å². The van der Waals surface area contributed by atoms with E-state index >= 15 is 0 Å². The Hall–Kier alpha value is -2.07. The van der Waals surface area contributed by atoms with Crippen molar-refractivity contribution in [3.8, 4) is 0 Å². The first-order chi connectivity index (χ1) is 7.86. The monoisotopic (exact) mass is 214 g/mol. The predicted molar refractivity (Wildman–Crippen MR) is 57.8 cm³/mol. The van der Waals surface area contributed by atoms with Gasteiger partial charge in [0.25, 0.3) is 0 Å². The smallest absolute Gasteiger partial charge is 0.154 e. The fourth-order valence-corrected chi connectivity index (χ4v) is 1.76. The Balaban J connectivity index is 1.99.